The third kappa shape index (κ3) is 3.93. The number of anilines is 1. The zero-order valence-electron chi connectivity index (χ0n) is 14.4. The van der Waals surface area contributed by atoms with Crippen LogP contribution < -0.4 is 5.32 Å². The second-order valence-corrected chi connectivity index (χ2v) is 7.96. The largest absolute Gasteiger partial charge is 0.461 e. The molecule has 0 saturated carbocycles. The summed E-state index contributed by atoms with van der Waals surface area (Å²) in [5.41, 5.74) is 0.892. The highest BCUT2D eigenvalue weighted by Gasteiger charge is 2.23. The van der Waals surface area contributed by atoms with Crippen LogP contribution in [-0.4, -0.2) is 30.9 Å². The van der Waals surface area contributed by atoms with Gasteiger partial charge in [-0.25, -0.2) is 4.98 Å². The molecule has 0 bridgehead atoms. The Kier molecular flexibility index (Phi) is 5.24. The molecule has 1 atom stereocenters. The molecule has 0 saturated heterocycles. The van der Waals surface area contributed by atoms with Crippen LogP contribution >= 0.6 is 23.1 Å². The van der Waals surface area contributed by atoms with Crippen LogP contribution in [0.1, 0.15) is 32.5 Å². The summed E-state index contributed by atoms with van der Waals surface area (Å²) in [6.07, 6.45) is 1.60. The number of rotatable bonds is 6. The Morgan fingerprint density at radius 1 is 1.36 bits per heavy atom. The first-order chi connectivity index (χ1) is 12.0. The zero-order chi connectivity index (χ0) is 18.0. The van der Waals surface area contributed by atoms with Gasteiger partial charge in [-0.15, -0.1) is 21.5 Å². The van der Waals surface area contributed by atoms with Gasteiger partial charge in [-0.2, -0.15) is 0 Å². The zero-order valence-corrected chi connectivity index (χ0v) is 16.0. The molecule has 3 aromatic heterocycles. The molecule has 0 spiro atoms. The Labute approximate surface area is 153 Å². The van der Waals surface area contributed by atoms with Crippen LogP contribution in [0.15, 0.2) is 33.3 Å². The number of carbonyl (C=O) groups excluding carboxylic acids is 1. The predicted octanol–water partition coefficient (Wildman–Crippen LogP) is 4.00. The molecule has 0 aliphatic heterocycles. The molecule has 25 heavy (non-hydrogen) atoms. The van der Waals surface area contributed by atoms with Crippen LogP contribution in [0.25, 0.3) is 11.6 Å². The van der Waals surface area contributed by atoms with Crippen molar-refractivity contribution in [2.24, 2.45) is 0 Å². The molecule has 1 N–H and O–H groups in total. The van der Waals surface area contributed by atoms with E-state index < -0.39 is 0 Å². The minimum atomic E-state index is -0.338. The number of nitrogens with one attached hydrogen (secondary N) is 1. The predicted molar refractivity (Wildman–Crippen MR) is 98.9 cm³/mol. The van der Waals surface area contributed by atoms with E-state index in [0.717, 1.165) is 5.69 Å². The second kappa shape index (κ2) is 7.40. The summed E-state index contributed by atoms with van der Waals surface area (Å²) in [7, 11) is 0. The monoisotopic (exact) mass is 377 g/mol. The van der Waals surface area contributed by atoms with Crippen molar-refractivity contribution in [1.82, 2.24) is 19.7 Å². The Bertz CT molecular complexity index is 854. The molecule has 7 nitrogen and oxygen atoms in total. The molecule has 3 aromatic rings. The summed E-state index contributed by atoms with van der Waals surface area (Å²) in [4.78, 5) is 16.7. The van der Waals surface area contributed by atoms with E-state index in [1.54, 1.807) is 6.26 Å². The maximum Gasteiger partial charge on any atom is 0.239 e. The van der Waals surface area contributed by atoms with Gasteiger partial charge in [-0.1, -0.05) is 11.8 Å². The summed E-state index contributed by atoms with van der Waals surface area (Å²) >= 11 is 2.78. The van der Waals surface area contributed by atoms with E-state index in [1.807, 2.05) is 49.8 Å². The van der Waals surface area contributed by atoms with Crippen LogP contribution in [0.5, 0.6) is 0 Å². The molecule has 0 fully saturated rings. The van der Waals surface area contributed by atoms with E-state index >= 15 is 0 Å². The molecule has 0 aliphatic rings. The number of aromatic nitrogens is 4. The fraction of sp³-hybridized carbons (Fsp3) is 0.375. The summed E-state index contributed by atoms with van der Waals surface area (Å²) in [6.45, 7) is 7.82. The van der Waals surface area contributed by atoms with E-state index in [1.165, 1.54) is 23.1 Å². The number of carbonyl (C=O) groups is 1. The molecular weight excluding hydrogens is 358 g/mol. The third-order valence-electron chi connectivity index (χ3n) is 3.42. The lowest BCUT2D eigenvalue weighted by Gasteiger charge is -2.15. The van der Waals surface area contributed by atoms with Gasteiger partial charge in [0.2, 0.25) is 11.7 Å². The summed E-state index contributed by atoms with van der Waals surface area (Å²) in [6, 6.07) is 3.79. The standard InChI is InChI=1S/C16H19N5O2S2/c1-9(2)21-13(12-6-5-7-23-12)19-20-16(21)25-11(4)14(22)18-15-17-10(3)8-24-15/h5-9,11H,1-4H3,(H,17,18,22)/t11-/m0/s1. The molecule has 0 unspecified atom stereocenters. The van der Waals surface area contributed by atoms with Gasteiger partial charge in [0.1, 0.15) is 0 Å². The molecular formula is C16H19N5O2S2. The molecule has 9 heteroatoms. The average molecular weight is 377 g/mol. The average Bonchev–Trinajstić information content (AvgIpc) is 3.27. The van der Waals surface area contributed by atoms with Crippen LogP contribution in [0, 0.1) is 6.92 Å². The maximum atomic E-state index is 12.4. The number of thiazole rings is 1. The fourth-order valence-corrected chi connectivity index (χ4v) is 3.90. The van der Waals surface area contributed by atoms with Crippen LogP contribution in [0.3, 0.4) is 0 Å². The number of thioether (sulfide) groups is 1. The van der Waals surface area contributed by atoms with Crippen LogP contribution in [0.4, 0.5) is 5.13 Å². The number of hydrogen-bond donors (Lipinski definition) is 1. The van der Waals surface area contributed by atoms with Crippen molar-refractivity contribution in [3.05, 3.63) is 29.5 Å². The Morgan fingerprint density at radius 3 is 2.76 bits per heavy atom. The first-order valence-electron chi connectivity index (χ1n) is 7.84. The lowest BCUT2D eigenvalue weighted by atomic mass is 10.3. The van der Waals surface area contributed by atoms with Crippen molar-refractivity contribution in [3.8, 4) is 11.6 Å². The molecule has 1 amide bonds. The highest BCUT2D eigenvalue weighted by Crippen LogP contribution is 2.30. The van der Waals surface area contributed by atoms with Gasteiger partial charge in [0.15, 0.2) is 16.0 Å². The fourth-order valence-electron chi connectivity index (χ4n) is 2.23. The minimum Gasteiger partial charge on any atom is -0.461 e. The molecule has 132 valence electrons. The lowest BCUT2D eigenvalue weighted by Crippen LogP contribution is -2.23. The van der Waals surface area contributed by atoms with Crippen molar-refractivity contribution < 1.29 is 9.21 Å². The number of amides is 1. The van der Waals surface area contributed by atoms with Gasteiger partial charge < -0.3 is 9.73 Å². The molecule has 3 heterocycles. The highest BCUT2D eigenvalue weighted by molar-refractivity contribution is 8.00. The van der Waals surface area contributed by atoms with E-state index in [4.69, 9.17) is 4.42 Å². The number of furan rings is 1. The van der Waals surface area contributed by atoms with Crippen molar-refractivity contribution in [3.63, 3.8) is 0 Å². The quantitative estimate of drug-likeness (QED) is 0.653. The highest BCUT2D eigenvalue weighted by atomic mass is 32.2. The molecule has 0 aliphatic carbocycles. The molecule has 3 rings (SSSR count). The Balaban J connectivity index is 1.76. The van der Waals surface area contributed by atoms with Gasteiger partial charge in [0.25, 0.3) is 0 Å². The van der Waals surface area contributed by atoms with E-state index in [2.05, 4.69) is 20.5 Å². The van der Waals surface area contributed by atoms with E-state index in [-0.39, 0.29) is 17.2 Å². The topological polar surface area (TPSA) is 85.8 Å². The van der Waals surface area contributed by atoms with Crippen LogP contribution in [-0.2, 0) is 4.79 Å². The Morgan fingerprint density at radius 2 is 2.16 bits per heavy atom. The van der Waals surface area contributed by atoms with Gasteiger partial charge in [-0.05, 0) is 39.8 Å². The SMILES string of the molecule is Cc1csc(NC(=O)[C@H](C)Sc2nnc(-c3ccco3)n2C(C)C)n1. The van der Waals surface area contributed by atoms with Gasteiger partial charge in [0.05, 0.1) is 17.2 Å². The summed E-state index contributed by atoms with van der Waals surface area (Å²) in [5, 5.41) is 14.2. The number of hydrogen-bond acceptors (Lipinski definition) is 7. The van der Waals surface area contributed by atoms with Crippen molar-refractivity contribution in [2.75, 3.05) is 5.32 Å². The lowest BCUT2D eigenvalue weighted by molar-refractivity contribution is -0.115. The number of nitrogens with zero attached hydrogens (tertiary/aromatic N) is 4. The first-order valence-corrected chi connectivity index (χ1v) is 9.60. The minimum absolute atomic E-state index is 0.114. The smallest absolute Gasteiger partial charge is 0.239 e. The second-order valence-electron chi connectivity index (χ2n) is 5.79. The summed E-state index contributed by atoms with van der Waals surface area (Å²) in [5.74, 6) is 1.20. The summed E-state index contributed by atoms with van der Waals surface area (Å²) < 4.78 is 7.41. The molecule has 0 aromatic carbocycles. The third-order valence-corrected chi connectivity index (χ3v) is 5.36. The van der Waals surface area contributed by atoms with Crippen molar-refractivity contribution >= 4 is 34.1 Å². The number of aryl methyl sites for hydroxylation is 1. The van der Waals surface area contributed by atoms with Crippen molar-refractivity contribution in [1.29, 1.82) is 0 Å². The molecule has 0 radical (unpaired) electrons. The van der Waals surface area contributed by atoms with E-state index in [9.17, 15) is 4.79 Å². The van der Waals surface area contributed by atoms with E-state index in [0.29, 0.717) is 21.9 Å². The Hall–Kier alpha value is -2.13. The van der Waals surface area contributed by atoms with Gasteiger partial charge in [0, 0.05) is 11.4 Å². The van der Waals surface area contributed by atoms with Crippen LogP contribution in [0.2, 0.25) is 0 Å². The maximum absolute atomic E-state index is 12.4. The van der Waals surface area contributed by atoms with Crippen molar-refractivity contribution in [2.45, 2.75) is 44.1 Å². The van der Waals surface area contributed by atoms with Gasteiger partial charge >= 0.3 is 0 Å². The van der Waals surface area contributed by atoms with Gasteiger partial charge in [-0.3, -0.25) is 9.36 Å². The first kappa shape index (κ1) is 17.7. The normalized spacial score (nSPS) is 12.5.